The van der Waals surface area contributed by atoms with Gasteiger partial charge in [-0.15, -0.1) is 0 Å². The van der Waals surface area contributed by atoms with Crippen molar-refractivity contribution in [1.82, 2.24) is 9.88 Å². The lowest BCUT2D eigenvalue weighted by Gasteiger charge is -2.26. The number of carbonyl (C=O) groups is 4. The number of hydrogen-bond donors (Lipinski definition) is 1. The molecule has 1 saturated heterocycles. The van der Waals surface area contributed by atoms with Crippen molar-refractivity contribution in [3.8, 4) is 5.69 Å². The van der Waals surface area contributed by atoms with Gasteiger partial charge in [-0.2, -0.15) is 0 Å². The van der Waals surface area contributed by atoms with Gasteiger partial charge < -0.3 is 9.30 Å². The van der Waals surface area contributed by atoms with Crippen molar-refractivity contribution in [2.75, 3.05) is 12.0 Å². The fraction of sp³-hybridized carbons (Fsp3) is 0.185. The van der Waals surface area contributed by atoms with E-state index in [1.807, 2.05) is 49.6 Å². The fourth-order valence-corrected chi connectivity index (χ4v) is 4.18. The molecule has 0 saturated carbocycles. The number of aromatic nitrogens is 1. The van der Waals surface area contributed by atoms with E-state index in [1.54, 1.807) is 30.3 Å². The van der Waals surface area contributed by atoms with Gasteiger partial charge in [0, 0.05) is 11.4 Å². The highest BCUT2D eigenvalue weighted by Gasteiger charge is 2.37. The zero-order valence-corrected chi connectivity index (χ0v) is 19.9. The van der Waals surface area contributed by atoms with Crippen molar-refractivity contribution in [1.29, 1.82) is 0 Å². The minimum absolute atomic E-state index is 0.161. The molecular formula is C27H25N3O5. The lowest BCUT2D eigenvalue weighted by atomic mass is 10.1. The predicted octanol–water partition coefficient (Wildman–Crippen LogP) is 4.11. The van der Waals surface area contributed by atoms with Crippen LogP contribution in [0.15, 0.2) is 60.2 Å². The van der Waals surface area contributed by atoms with Gasteiger partial charge in [0.25, 0.3) is 11.8 Å². The summed E-state index contributed by atoms with van der Waals surface area (Å²) < 4.78 is 6.77. The molecule has 8 heteroatoms. The molecule has 4 rings (SSSR count). The lowest BCUT2D eigenvalue weighted by Crippen LogP contribution is -2.54. The minimum atomic E-state index is -0.793. The van der Waals surface area contributed by atoms with Crippen molar-refractivity contribution in [3.05, 3.63) is 88.2 Å². The average molecular weight is 472 g/mol. The summed E-state index contributed by atoms with van der Waals surface area (Å²) >= 11 is 0. The van der Waals surface area contributed by atoms with Crippen molar-refractivity contribution in [2.24, 2.45) is 0 Å². The number of methoxy groups -OCH3 is 1. The number of benzene rings is 2. The number of para-hydroxylation sites is 1. The first-order chi connectivity index (χ1) is 16.8. The zero-order valence-electron chi connectivity index (χ0n) is 19.9. The highest BCUT2D eigenvalue weighted by atomic mass is 16.5. The van der Waals surface area contributed by atoms with E-state index in [9.17, 15) is 19.2 Å². The van der Waals surface area contributed by atoms with E-state index in [2.05, 4.69) is 5.32 Å². The van der Waals surface area contributed by atoms with Crippen LogP contribution in [-0.2, 0) is 20.7 Å². The first-order valence-corrected chi connectivity index (χ1v) is 11.1. The standard InChI is InChI=1S/C27H25N3O5/c1-5-18-10-12-20(13-11-18)30-25(32)22(24(31)28-27(30)34)15-19-14-16(2)29(17(19)3)23-9-7-6-8-21(23)26(33)35-4/h6-15H,5H2,1-4H3,(H,28,31,34)/b22-15-. The second-order valence-electron chi connectivity index (χ2n) is 8.15. The molecule has 8 nitrogen and oxygen atoms in total. The highest BCUT2D eigenvalue weighted by molar-refractivity contribution is 6.39. The van der Waals surface area contributed by atoms with Gasteiger partial charge in [-0.3, -0.25) is 14.9 Å². The molecule has 2 aromatic carbocycles. The van der Waals surface area contributed by atoms with E-state index >= 15 is 0 Å². The summed E-state index contributed by atoms with van der Waals surface area (Å²) in [4.78, 5) is 51.7. The van der Waals surface area contributed by atoms with Crippen LogP contribution in [0.3, 0.4) is 0 Å². The van der Waals surface area contributed by atoms with Gasteiger partial charge in [-0.1, -0.05) is 31.2 Å². The molecule has 1 aromatic heterocycles. The summed E-state index contributed by atoms with van der Waals surface area (Å²) in [6, 6.07) is 15.1. The van der Waals surface area contributed by atoms with E-state index in [-0.39, 0.29) is 5.57 Å². The topological polar surface area (TPSA) is 97.7 Å². The Bertz CT molecular complexity index is 1380. The number of imide groups is 2. The third-order valence-electron chi connectivity index (χ3n) is 6.02. The minimum Gasteiger partial charge on any atom is -0.465 e. The number of anilines is 1. The van der Waals surface area contributed by atoms with E-state index in [4.69, 9.17) is 4.74 Å². The molecule has 1 aliphatic heterocycles. The van der Waals surface area contributed by atoms with Crippen LogP contribution >= 0.6 is 0 Å². The second-order valence-corrected chi connectivity index (χ2v) is 8.15. The fourth-order valence-electron chi connectivity index (χ4n) is 4.18. The zero-order chi connectivity index (χ0) is 25.3. The Morgan fingerprint density at radius 1 is 1.03 bits per heavy atom. The van der Waals surface area contributed by atoms with Crippen LogP contribution in [-0.4, -0.2) is 35.5 Å². The number of barbiturate groups is 1. The maximum Gasteiger partial charge on any atom is 0.339 e. The van der Waals surface area contributed by atoms with Crippen LogP contribution in [0.1, 0.15) is 39.8 Å². The van der Waals surface area contributed by atoms with Gasteiger partial charge in [-0.25, -0.2) is 14.5 Å². The van der Waals surface area contributed by atoms with Crippen molar-refractivity contribution >= 4 is 35.6 Å². The summed E-state index contributed by atoms with van der Waals surface area (Å²) in [6.45, 7) is 5.69. The number of nitrogens with zero attached hydrogens (tertiary/aromatic N) is 2. The number of urea groups is 1. The molecule has 1 aliphatic rings. The first kappa shape index (κ1) is 23.7. The Hall–Kier alpha value is -4.46. The van der Waals surface area contributed by atoms with E-state index < -0.39 is 23.8 Å². The van der Waals surface area contributed by atoms with E-state index in [1.165, 1.54) is 13.2 Å². The van der Waals surface area contributed by atoms with Gasteiger partial charge in [0.1, 0.15) is 5.57 Å². The molecule has 0 atom stereocenters. The number of esters is 1. The predicted molar refractivity (Wildman–Crippen MR) is 131 cm³/mol. The van der Waals surface area contributed by atoms with E-state index in [0.717, 1.165) is 22.6 Å². The number of amides is 4. The maximum absolute atomic E-state index is 13.3. The Morgan fingerprint density at radius 3 is 2.37 bits per heavy atom. The molecule has 0 aliphatic carbocycles. The Morgan fingerprint density at radius 2 is 1.71 bits per heavy atom. The average Bonchev–Trinajstić information content (AvgIpc) is 3.13. The lowest BCUT2D eigenvalue weighted by molar-refractivity contribution is -0.122. The van der Waals surface area contributed by atoms with Crippen LogP contribution in [0.25, 0.3) is 11.8 Å². The van der Waals surface area contributed by atoms with Crippen LogP contribution in [0, 0.1) is 13.8 Å². The number of rotatable bonds is 5. The summed E-state index contributed by atoms with van der Waals surface area (Å²) in [5, 5.41) is 2.25. The third-order valence-corrected chi connectivity index (χ3v) is 6.02. The van der Waals surface area contributed by atoms with Crippen LogP contribution in [0.2, 0.25) is 0 Å². The first-order valence-electron chi connectivity index (χ1n) is 11.1. The number of hydrogen-bond acceptors (Lipinski definition) is 5. The van der Waals surface area contributed by atoms with Crippen LogP contribution < -0.4 is 10.2 Å². The van der Waals surface area contributed by atoms with Crippen molar-refractivity contribution in [3.63, 3.8) is 0 Å². The molecule has 35 heavy (non-hydrogen) atoms. The molecular weight excluding hydrogens is 446 g/mol. The Balaban J connectivity index is 1.77. The summed E-state index contributed by atoms with van der Waals surface area (Å²) in [5.74, 6) is -1.94. The molecule has 178 valence electrons. The second kappa shape index (κ2) is 9.42. The number of aryl methyl sites for hydroxylation is 2. The van der Waals surface area contributed by atoms with Crippen LogP contribution in [0.5, 0.6) is 0 Å². The maximum atomic E-state index is 13.3. The molecule has 4 amide bonds. The van der Waals surface area contributed by atoms with E-state index in [0.29, 0.717) is 28.2 Å². The summed E-state index contributed by atoms with van der Waals surface area (Å²) in [7, 11) is 1.32. The molecule has 0 unspecified atom stereocenters. The molecule has 0 spiro atoms. The molecule has 2 heterocycles. The Labute approximate surface area is 202 Å². The van der Waals surface area contributed by atoms with Gasteiger partial charge >= 0.3 is 12.0 Å². The quantitative estimate of drug-likeness (QED) is 0.343. The van der Waals surface area contributed by atoms with Crippen molar-refractivity contribution < 1.29 is 23.9 Å². The van der Waals surface area contributed by atoms with Gasteiger partial charge in [0.05, 0.1) is 24.0 Å². The Kier molecular flexibility index (Phi) is 6.38. The smallest absolute Gasteiger partial charge is 0.339 e. The monoisotopic (exact) mass is 471 g/mol. The molecule has 0 radical (unpaired) electrons. The normalized spacial score (nSPS) is 14.9. The molecule has 1 N–H and O–H groups in total. The molecule has 0 bridgehead atoms. The summed E-state index contributed by atoms with van der Waals surface area (Å²) in [6.07, 6.45) is 2.29. The van der Waals surface area contributed by atoms with Gasteiger partial charge in [-0.05, 0) is 67.8 Å². The summed E-state index contributed by atoms with van der Waals surface area (Å²) in [5.41, 5.74) is 4.38. The number of nitrogens with one attached hydrogen (secondary N) is 1. The SMILES string of the molecule is CCc1ccc(N2C(=O)NC(=O)/C(=C/c3cc(C)n(-c4ccccc4C(=O)OC)c3C)C2=O)cc1. The number of carbonyl (C=O) groups excluding carboxylic acids is 4. The van der Waals surface area contributed by atoms with Crippen LogP contribution in [0.4, 0.5) is 10.5 Å². The third kappa shape index (κ3) is 4.26. The van der Waals surface area contributed by atoms with Gasteiger partial charge in [0.15, 0.2) is 0 Å². The molecule has 1 fully saturated rings. The highest BCUT2D eigenvalue weighted by Crippen LogP contribution is 2.27. The molecule has 3 aromatic rings. The van der Waals surface area contributed by atoms with Crippen molar-refractivity contribution in [2.45, 2.75) is 27.2 Å². The van der Waals surface area contributed by atoms with Gasteiger partial charge in [0.2, 0.25) is 0 Å². The number of ether oxygens (including phenoxy) is 1. The largest absolute Gasteiger partial charge is 0.465 e.